The van der Waals surface area contributed by atoms with E-state index in [-0.39, 0.29) is 10.7 Å². The highest BCUT2D eigenvalue weighted by atomic mass is 35.5. The molecule has 1 N–H and O–H groups in total. The van der Waals surface area contributed by atoms with E-state index in [1.54, 1.807) is 42.5 Å². The summed E-state index contributed by atoms with van der Waals surface area (Å²) >= 11 is 17.8. The summed E-state index contributed by atoms with van der Waals surface area (Å²) in [7, 11) is 1.54. The highest BCUT2D eigenvalue weighted by molar-refractivity contribution is 6.42. The highest BCUT2D eigenvalue weighted by Crippen LogP contribution is 2.29. The van der Waals surface area contributed by atoms with Crippen molar-refractivity contribution in [2.45, 2.75) is 6.61 Å². The van der Waals surface area contributed by atoms with Gasteiger partial charge in [-0.25, -0.2) is 10.4 Å². The molecule has 0 saturated heterocycles. The average molecular weight is 465 g/mol. The third-order valence-corrected chi connectivity index (χ3v) is 4.99. The van der Waals surface area contributed by atoms with Gasteiger partial charge in [0.05, 0.1) is 28.9 Å². The molecule has 1 amide bonds. The van der Waals surface area contributed by atoms with Crippen molar-refractivity contribution in [3.63, 3.8) is 0 Å². The molecule has 1 heterocycles. The Morgan fingerprint density at radius 2 is 1.93 bits per heavy atom. The number of carbonyl (C=O) groups excluding carboxylic acids is 1. The van der Waals surface area contributed by atoms with Gasteiger partial charge in [-0.2, -0.15) is 5.10 Å². The highest BCUT2D eigenvalue weighted by Gasteiger charge is 2.10. The lowest BCUT2D eigenvalue weighted by Crippen LogP contribution is -2.18. The molecule has 9 heteroatoms. The molecule has 0 aliphatic heterocycles. The first-order valence-electron chi connectivity index (χ1n) is 8.66. The second kappa shape index (κ2) is 10.3. The van der Waals surface area contributed by atoms with E-state index in [1.807, 2.05) is 6.07 Å². The van der Waals surface area contributed by atoms with Gasteiger partial charge < -0.3 is 9.47 Å². The summed E-state index contributed by atoms with van der Waals surface area (Å²) in [6.07, 6.45) is 2.98. The minimum Gasteiger partial charge on any atom is -0.493 e. The zero-order valence-electron chi connectivity index (χ0n) is 15.7. The van der Waals surface area contributed by atoms with Crippen molar-refractivity contribution in [1.82, 2.24) is 10.4 Å². The predicted molar refractivity (Wildman–Crippen MR) is 118 cm³/mol. The number of aromatic nitrogens is 1. The molecular formula is C21H16Cl3N3O3. The van der Waals surface area contributed by atoms with Crippen LogP contribution in [0.4, 0.5) is 0 Å². The summed E-state index contributed by atoms with van der Waals surface area (Å²) in [4.78, 5) is 15.9. The summed E-state index contributed by atoms with van der Waals surface area (Å²) in [5, 5.41) is 5.00. The van der Waals surface area contributed by atoms with E-state index >= 15 is 0 Å². The van der Waals surface area contributed by atoms with E-state index in [4.69, 9.17) is 44.3 Å². The lowest BCUT2D eigenvalue weighted by molar-refractivity contribution is 0.0955. The first-order chi connectivity index (χ1) is 14.5. The van der Waals surface area contributed by atoms with Crippen molar-refractivity contribution >= 4 is 46.9 Å². The fraction of sp³-hybridized carbons (Fsp3) is 0.0952. The SMILES string of the molecule is COc1cc(C=NNC(=O)c2cccnc2Cl)ccc1OCc1ccc(Cl)c(Cl)c1. The third-order valence-electron chi connectivity index (χ3n) is 3.95. The summed E-state index contributed by atoms with van der Waals surface area (Å²) in [5.74, 6) is 0.602. The maximum atomic E-state index is 12.1. The number of halogens is 3. The molecule has 0 atom stereocenters. The van der Waals surface area contributed by atoms with Crippen LogP contribution in [0.5, 0.6) is 11.5 Å². The largest absolute Gasteiger partial charge is 0.493 e. The van der Waals surface area contributed by atoms with Crippen LogP contribution >= 0.6 is 34.8 Å². The molecule has 1 aromatic heterocycles. The molecule has 0 aliphatic carbocycles. The number of hydrogen-bond donors (Lipinski definition) is 1. The molecule has 30 heavy (non-hydrogen) atoms. The molecule has 154 valence electrons. The quantitative estimate of drug-likeness (QED) is 0.289. The maximum absolute atomic E-state index is 12.1. The Balaban J connectivity index is 1.64. The van der Waals surface area contributed by atoms with Gasteiger partial charge in [-0.1, -0.05) is 40.9 Å². The summed E-state index contributed by atoms with van der Waals surface area (Å²) < 4.78 is 11.2. The molecule has 0 bridgehead atoms. The molecular weight excluding hydrogens is 449 g/mol. The van der Waals surface area contributed by atoms with Crippen molar-refractivity contribution in [3.05, 3.63) is 86.6 Å². The smallest absolute Gasteiger partial charge is 0.274 e. The molecule has 2 aromatic carbocycles. The van der Waals surface area contributed by atoms with E-state index in [0.29, 0.717) is 33.7 Å². The summed E-state index contributed by atoms with van der Waals surface area (Å²) in [6.45, 7) is 0.294. The van der Waals surface area contributed by atoms with Crippen LogP contribution in [0.2, 0.25) is 15.2 Å². The van der Waals surface area contributed by atoms with Crippen LogP contribution in [0.25, 0.3) is 0 Å². The van der Waals surface area contributed by atoms with Crippen LogP contribution in [0, 0.1) is 0 Å². The zero-order chi connectivity index (χ0) is 21.5. The first-order valence-corrected chi connectivity index (χ1v) is 9.80. The monoisotopic (exact) mass is 463 g/mol. The van der Waals surface area contributed by atoms with Crippen molar-refractivity contribution in [1.29, 1.82) is 0 Å². The fourth-order valence-electron chi connectivity index (χ4n) is 2.46. The number of ether oxygens (including phenoxy) is 2. The van der Waals surface area contributed by atoms with E-state index in [1.165, 1.54) is 19.5 Å². The van der Waals surface area contributed by atoms with Crippen LogP contribution in [-0.4, -0.2) is 24.2 Å². The molecule has 6 nitrogen and oxygen atoms in total. The summed E-state index contributed by atoms with van der Waals surface area (Å²) in [5.41, 5.74) is 4.21. The lowest BCUT2D eigenvalue weighted by Gasteiger charge is -2.11. The van der Waals surface area contributed by atoms with Gasteiger partial charge in [0.2, 0.25) is 0 Å². The molecule has 0 spiro atoms. The molecule has 0 unspecified atom stereocenters. The van der Waals surface area contributed by atoms with Gasteiger partial charge in [-0.3, -0.25) is 4.79 Å². The standard InChI is InChI=1S/C21H16Cl3N3O3/c1-29-19-10-13(11-26-27-21(28)15-3-2-8-25-20(15)24)5-7-18(19)30-12-14-4-6-16(22)17(23)9-14/h2-11H,12H2,1H3,(H,27,28). The van der Waals surface area contributed by atoms with Crippen molar-refractivity contribution in [2.75, 3.05) is 7.11 Å². The Kier molecular flexibility index (Phi) is 7.52. The number of amides is 1. The fourth-order valence-corrected chi connectivity index (χ4v) is 2.98. The average Bonchev–Trinajstić information content (AvgIpc) is 2.75. The number of benzene rings is 2. The number of hydrogen-bond acceptors (Lipinski definition) is 5. The van der Waals surface area contributed by atoms with Crippen LogP contribution in [0.15, 0.2) is 59.8 Å². The third kappa shape index (κ3) is 5.63. The van der Waals surface area contributed by atoms with E-state index < -0.39 is 5.91 Å². The van der Waals surface area contributed by atoms with Gasteiger partial charge >= 0.3 is 0 Å². The molecule has 0 fully saturated rings. The number of carbonyl (C=O) groups is 1. The second-order valence-corrected chi connectivity index (χ2v) is 7.16. The molecule has 0 radical (unpaired) electrons. The zero-order valence-corrected chi connectivity index (χ0v) is 18.0. The predicted octanol–water partition coefficient (Wildman–Crippen LogP) is 5.39. The number of methoxy groups -OCH3 is 1. The van der Waals surface area contributed by atoms with Gasteiger partial charge in [0, 0.05) is 6.20 Å². The van der Waals surface area contributed by atoms with Gasteiger partial charge in [-0.05, 0) is 53.6 Å². The van der Waals surface area contributed by atoms with Gasteiger partial charge in [-0.15, -0.1) is 0 Å². The van der Waals surface area contributed by atoms with Crippen molar-refractivity contribution in [3.8, 4) is 11.5 Å². The minimum atomic E-state index is -0.460. The van der Waals surface area contributed by atoms with Crippen LogP contribution in [0.3, 0.4) is 0 Å². The van der Waals surface area contributed by atoms with Gasteiger partial charge in [0.15, 0.2) is 11.5 Å². The molecule has 3 rings (SSSR count). The summed E-state index contributed by atoms with van der Waals surface area (Å²) in [6, 6.07) is 13.7. The number of rotatable bonds is 7. The second-order valence-electron chi connectivity index (χ2n) is 5.99. The van der Waals surface area contributed by atoms with Crippen LogP contribution in [-0.2, 0) is 6.61 Å². The van der Waals surface area contributed by atoms with Gasteiger partial charge in [0.25, 0.3) is 5.91 Å². The Labute approximate surface area is 188 Å². The van der Waals surface area contributed by atoms with E-state index in [0.717, 1.165) is 5.56 Å². The number of nitrogens with zero attached hydrogens (tertiary/aromatic N) is 2. The Hall–Kier alpha value is -2.80. The Morgan fingerprint density at radius 3 is 2.67 bits per heavy atom. The maximum Gasteiger partial charge on any atom is 0.274 e. The molecule has 0 saturated carbocycles. The van der Waals surface area contributed by atoms with E-state index in [2.05, 4.69) is 15.5 Å². The number of pyridine rings is 1. The lowest BCUT2D eigenvalue weighted by atomic mass is 10.2. The molecule has 3 aromatic rings. The topological polar surface area (TPSA) is 72.8 Å². The number of hydrazone groups is 1. The number of nitrogens with one attached hydrogen (secondary N) is 1. The van der Waals surface area contributed by atoms with Crippen LogP contribution < -0.4 is 14.9 Å². The van der Waals surface area contributed by atoms with Crippen molar-refractivity contribution < 1.29 is 14.3 Å². The van der Waals surface area contributed by atoms with Gasteiger partial charge in [0.1, 0.15) is 11.8 Å². The molecule has 0 aliphatic rings. The van der Waals surface area contributed by atoms with Crippen molar-refractivity contribution in [2.24, 2.45) is 5.10 Å². The first kappa shape index (κ1) is 21.9. The minimum absolute atomic E-state index is 0.107. The Bertz CT molecular complexity index is 1090. The normalized spacial score (nSPS) is 10.8. The Morgan fingerprint density at radius 1 is 1.10 bits per heavy atom. The van der Waals surface area contributed by atoms with E-state index in [9.17, 15) is 4.79 Å². The van der Waals surface area contributed by atoms with Crippen LogP contribution in [0.1, 0.15) is 21.5 Å².